The van der Waals surface area contributed by atoms with Crippen LogP contribution < -0.4 is 11.4 Å². The Morgan fingerprint density at radius 2 is 2.00 bits per heavy atom. The molecular weight excluding hydrogens is 274 g/mol. The van der Waals surface area contributed by atoms with Crippen LogP contribution in [0.25, 0.3) is 0 Å². The minimum Gasteiger partial charge on any atom is -0.383 e. The highest BCUT2D eigenvalue weighted by molar-refractivity contribution is 5.35. The summed E-state index contributed by atoms with van der Waals surface area (Å²) in [6, 6.07) is 0. The van der Waals surface area contributed by atoms with Crippen LogP contribution in [0.2, 0.25) is 0 Å². The maximum absolute atomic E-state index is 12.1. The fourth-order valence-electron chi connectivity index (χ4n) is 1.95. The van der Waals surface area contributed by atoms with E-state index in [1.165, 1.54) is 4.57 Å². The van der Waals surface area contributed by atoms with E-state index in [1.807, 2.05) is 13.8 Å². The molecule has 0 aliphatic heterocycles. The lowest BCUT2D eigenvalue weighted by Crippen LogP contribution is -2.37. The molecule has 0 spiro atoms. The SMILES string of the molecule is COCCOC(C(C)C(C)OC)n1cc(C)c(N)nc1=O. The van der Waals surface area contributed by atoms with Gasteiger partial charge in [-0.1, -0.05) is 6.92 Å². The lowest BCUT2D eigenvalue weighted by atomic mass is 10.0. The number of methoxy groups -OCH3 is 2. The second-order valence-electron chi connectivity index (χ2n) is 5.05. The van der Waals surface area contributed by atoms with Gasteiger partial charge in [-0.15, -0.1) is 0 Å². The average molecular weight is 299 g/mol. The molecule has 0 aliphatic rings. The monoisotopic (exact) mass is 299 g/mol. The zero-order valence-electron chi connectivity index (χ0n) is 13.3. The number of nitrogen functional groups attached to an aromatic ring is 1. The van der Waals surface area contributed by atoms with Crippen LogP contribution >= 0.6 is 0 Å². The van der Waals surface area contributed by atoms with Crippen molar-refractivity contribution < 1.29 is 14.2 Å². The van der Waals surface area contributed by atoms with Crippen LogP contribution in [0.5, 0.6) is 0 Å². The number of hydrogen-bond acceptors (Lipinski definition) is 6. The van der Waals surface area contributed by atoms with Crippen molar-refractivity contribution in [2.24, 2.45) is 5.92 Å². The Morgan fingerprint density at radius 3 is 2.57 bits per heavy atom. The highest BCUT2D eigenvalue weighted by Gasteiger charge is 2.26. The predicted molar refractivity (Wildman–Crippen MR) is 80.1 cm³/mol. The van der Waals surface area contributed by atoms with Gasteiger partial charge in [0.25, 0.3) is 0 Å². The van der Waals surface area contributed by atoms with E-state index in [-0.39, 0.29) is 17.8 Å². The number of ether oxygens (including phenoxy) is 3. The number of nitrogens with two attached hydrogens (primary N) is 1. The summed E-state index contributed by atoms with van der Waals surface area (Å²) in [5, 5.41) is 0. The zero-order valence-corrected chi connectivity index (χ0v) is 13.3. The number of rotatable bonds is 8. The van der Waals surface area contributed by atoms with Gasteiger partial charge in [0.2, 0.25) is 0 Å². The molecule has 120 valence electrons. The lowest BCUT2D eigenvalue weighted by Gasteiger charge is -2.29. The average Bonchev–Trinajstić information content (AvgIpc) is 2.46. The van der Waals surface area contributed by atoms with Gasteiger partial charge in [0.05, 0.1) is 19.3 Å². The van der Waals surface area contributed by atoms with Crippen LogP contribution in [0.1, 0.15) is 25.6 Å². The van der Waals surface area contributed by atoms with E-state index in [2.05, 4.69) is 4.98 Å². The molecule has 1 heterocycles. The molecule has 7 nitrogen and oxygen atoms in total. The number of aromatic nitrogens is 2. The highest BCUT2D eigenvalue weighted by atomic mass is 16.5. The van der Waals surface area contributed by atoms with Gasteiger partial charge in [-0.05, 0) is 13.8 Å². The second-order valence-corrected chi connectivity index (χ2v) is 5.05. The summed E-state index contributed by atoms with van der Waals surface area (Å²) in [6.07, 6.45) is 1.10. The molecule has 0 radical (unpaired) electrons. The Morgan fingerprint density at radius 1 is 1.33 bits per heavy atom. The van der Waals surface area contributed by atoms with Crippen molar-refractivity contribution in [3.8, 4) is 0 Å². The molecule has 0 bridgehead atoms. The van der Waals surface area contributed by atoms with E-state index >= 15 is 0 Å². The van der Waals surface area contributed by atoms with Gasteiger partial charge in [-0.25, -0.2) is 4.79 Å². The van der Waals surface area contributed by atoms with Crippen LogP contribution in [0.15, 0.2) is 11.0 Å². The first kappa shape index (κ1) is 17.6. The summed E-state index contributed by atoms with van der Waals surface area (Å²) < 4.78 is 17.6. The fourth-order valence-corrected chi connectivity index (χ4v) is 1.95. The van der Waals surface area contributed by atoms with Crippen LogP contribution in [0.3, 0.4) is 0 Å². The maximum atomic E-state index is 12.1. The third-order valence-electron chi connectivity index (χ3n) is 3.59. The van der Waals surface area contributed by atoms with Crippen molar-refractivity contribution in [3.63, 3.8) is 0 Å². The molecule has 21 heavy (non-hydrogen) atoms. The Kier molecular flexibility index (Phi) is 6.80. The molecule has 1 aromatic heterocycles. The molecule has 1 aromatic rings. The smallest absolute Gasteiger partial charge is 0.351 e. The zero-order chi connectivity index (χ0) is 16.0. The standard InChI is InChI=1S/C14H25N3O4/c1-9-8-17(14(18)16-12(9)15)13(21-7-6-19-4)10(2)11(3)20-5/h8,10-11,13H,6-7H2,1-5H3,(H2,15,16,18). The number of nitrogens with zero attached hydrogens (tertiary/aromatic N) is 2. The molecule has 0 fully saturated rings. The third-order valence-corrected chi connectivity index (χ3v) is 3.59. The molecule has 0 saturated carbocycles. The van der Waals surface area contributed by atoms with E-state index in [4.69, 9.17) is 19.9 Å². The number of hydrogen-bond donors (Lipinski definition) is 1. The van der Waals surface area contributed by atoms with Crippen LogP contribution in [0, 0.1) is 12.8 Å². The first-order valence-electron chi connectivity index (χ1n) is 6.91. The Labute approximate surface area is 125 Å². The normalized spacial score (nSPS) is 15.7. The first-order chi connectivity index (χ1) is 9.92. The molecule has 2 N–H and O–H groups in total. The van der Waals surface area contributed by atoms with Crippen molar-refractivity contribution >= 4 is 5.82 Å². The van der Waals surface area contributed by atoms with Gasteiger partial charge in [0.15, 0.2) is 0 Å². The van der Waals surface area contributed by atoms with Crippen molar-refractivity contribution in [1.82, 2.24) is 9.55 Å². The van der Waals surface area contributed by atoms with Crippen molar-refractivity contribution in [1.29, 1.82) is 0 Å². The van der Waals surface area contributed by atoms with E-state index < -0.39 is 11.9 Å². The maximum Gasteiger partial charge on any atom is 0.351 e. The van der Waals surface area contributed by atoms with E-state index in [0.29, 0.717) is 13.2 Å². The Bertz CT molecular complexity index is 503. The molecular formula is C14H25N3O4. The van der Waals surface area contributed by atoms with Crippen molar-refractivity contribution in [2.75, 3.05) is 33.2 Å². The van der Waals surface area contributed by atoms with E-state index in [0.717, 1.165) is 5.56 Å². The van der Waals surface area contributed by atoms with Crippen molar-refractivity contribution in [2.45, 2.75) is 33.1 Å². The molecule has 7 heteroatoms. The molecule has 3 unspecified atom stereocenters. The van der Waals surface area contributed by atoms with Gasteiger partial charge in [0.1, 0.15) is 12.0 Å². The van der Waals surface area contributed by atoms with Crippen LogP contribution in [0.4, 0.5) is 5.82 Å². The summed E-state index contributed by atoms with van der Waals surface area (Å²) in [4.78, 5) is 15.9. The van der Waals surface area contributed by atoms with Crippen LogP contribution in [-0.2, 0) is 14.2 Å². The molecule has 0 saturated heterocycles. The molecule has 1 rings (SSSR count). The summed E-state index contributed by atoms with van der Waals surface area (Å²) in [5.41, 5.74) is 5.96. The summed E-state index contributed by atoms with van der Waals surface area (Å²) in [7, 11) is 3.23. The molecule has 3 atom stereocenters. The molecule has 0 amide bonds. The van der Waals surface area contributed by atoms with Crippen LogP contribution in [-0.4, -0.2) is 43.1 Å². The summed E-state index contributed by atoms with van der Waals surface area (Å²) in [6.45, 7) is 6.51. The second kappa shape index (κ2) is 8.11. The molecule has 0 aliphatic carbocycles. The minimum absolute atomic E-state index is 0.0469. The van der Waals surface area contributed by atoms with Gasteiger partial charge >= 0.3 is 5.69 Å². The first-order valence-corrected chi connectivity index (χ1v) is 6.91. The third kappa shape index (κ3) is 4.52. The van der Waals surface area contributed by atoms with Gasteiger partial charge in [-0.2, -0.15) is 4.98 Å². The fraction of sp³-hybridized carbons (Fsp3) is 0.714. The van der Waals surface area contributed by atoms with Gasteiger partial charge < -0.3 is 19.9 Å². The Balaban J connectivity index is 3.11. The number of aryl methyl sites for hydroxylation is 1. The van der Waals surface area contributed by atoms with E-state index in [1.54, 1.807) is 27.3 Å². The predicted octanol–water partition coefficient (Wildman–Crippen LogP) is 0.967. The molecule has 0 aromatic carbocycles. The van der Waals surface area contributed by atoms with E-state index in [9.17, 15) is 4.79 Å². The topological polar surface area (TPSA) is 88.6 Å². The minimum atomic E-state index is -0.491. The quantitative estimate of drug-likeness (QED) is 0.719. The largest absolute Gasteiger partial charge is 0.383 e. The summed E-state index contributed by atoms with van der Waals surface area (Å²) in [5.74, 6) is 0.189. The van der Waals surface area contributed by atoms with Gasteiger partial charge in [0, 0.05) is 31.9 Å². The lowest BCUT2D eigenvalue weighted by molar-refractivity contribution is -0.0901. The highest BCUT2D eigenvalue weighted by Crippen LogP contribution is 2.23. The van der Waals surface area contributed by atoms with Gasteiger partial charge in [-0.3, -0.25) is 4.57 Å². The van der Waals surface area contributed by atoms with Crippen molar-refractivity contribution in [3.05, 3.63) is 22.2 Å². The Hall–Kier alpha value is -1.44. The summed E-state index contributed by atoms with van der Waals surface area (Å²) >= 11 is 0. The number of anilines is 1.